The number of carboxylic acids is 1. The number of aliphatic carboxylic acids is 1. The molecule has 1 aromatic carbocycles. The van der Waals surface area contributed by atoms with Crippen LogP contribution >= 0.6 is 45.2 Å². The Morgan fingerprint density at radius 1 is 1.47 bits per heavy atom. The van der Waals surface area contributed by atoms with E-state index in [4.69, 9.17) is 14.6 Å². The molecule has 0 heterocycles. The van der Waals surface area contributed by atoms with Crippen molar-refractivity contribution >= 4 is 51.2 Å². The molecule has 1 aromatic rings. The molecule has 0 saturated carbocycles. The average Bonchev–Trinajstić information content (AvgIpc) is 2.29. The van der Waals surface area contributed by atoms with Crippen molar-refractivity contribution in [2.75, 3.05) is 7.11 Å². The second kappa shape index (κ2) is 6.62. The fraction of sp³-hybridized carbons (Fsp3) is 0.364. The van der Waals surface area contributed by atoms with Gasteiger partial charge in [0.05, 0.1) is 14.3 Å². The maximum absolute atomic E-state index is 11.0. The zero-order valence-corrected chi connectivity index (χ0v) is 13.7. The molecule has 0 amide bonds. The standard InChI is InChI=1S/C11H12I2O4/c1-3-7(11(14)15)17-10-6(12)4-5-8(16-2)9(10)13/h4-5,7H,3H2,1-2H3,(H,14,15). The molecular formula is C11H12I2O4. The van der Waals surface area contributed by atoms with E-state index in [9.17, 15) is 4.79 Å². The molecular weight excluding hydrogens is 450 g/mol. The summed E-state index contributed by atoms with van der Waals surface area (Å²) in [6.45, 7) is 1.78. The van der Waals surface area contributed by atoms with Crippen LogP contribution in [0.2, 0.25) is 0 Å². The zero-order chi connectivity index (χ0) is 13.0. The fourth-order valence-electron chi connectivity index (χ4n) is 1.23. The minimum atomic E-state index is -0.957. The Kier molecular flexibility index (Phi) is 5.77. The maximum Gasteiger partial charge on any atom is 0.344 e. The third kappa shape index (κ3) is 3.60. The van der Waals surface area contributed by atoms with Crippen LogP contribution in [-0.2, 0) is 4.79 Å². The molecule has 0 saturated heterocycles. The van der Waals surface area contributed by atoms with E-state index < -0.39 is 12.1 Å². The van der Waals surface area contributed by atoms with Gasteiger partial charge >= 0.3 is 5.97 Å². The van der Waals surface area contributed by atoms with Gasteiger partial charge in [-0.15, -0.1) is 0 Å². The van der Waals surface area contributed by atoms with Gasteiger partial charge < -0.3 is 14.6 Å². The molecule has 94 valence electrons. The topological polar surface area (TPSA) is 55.8 Å². The monoisotopic (exact) mass is 462 g/mol. The lowest BCUT2D eigenvalue weighted by molar-refractivity contribution is -0.145. The van der Waals surface area contributed by atoms with Gasteiger partial charge in [0.25, 0.3) is 0 Å². The molecule has 4 nitrogen and oxygen atoms in total. The Labute approximate surface area is 127 Å². The molecule has 0 aliphatic heterocycles. The summed E-state index contributed by atoms with van der Waals surface area (Å²) >= 11 is 4.21. The van der Waals surface area contributed by atoms with Crippen LogP contribution in [0.4, 0.5) is 0 Å². The Bertz CT molecular complexity index is 420. The largest absolute Gasteiger partial charge is 0.496 e. The quantitative estimate of drug-likeness (QED) is 0.684. The van der Waals surface area contributed by atoms with Crippen molar-refractivity contribution in [1.82, 2.24) is 0 Å². The minimum absolute atomic E-state index is 0.415. The number of carbonyl (C=O) groups is 1. The summed E-state index contributed by atoms with van der Waals surface area (Å²) in [5.41, 5.74) is 0. The van der Waals surface area contributed by atoms with Crippen LogP contribution < -0.4 is 9.47 Å². The van der Waals surface area contributed by atoms with Crippen molar-refractivity contribution < 1.29 is 19.4 Å². The molecule has 1 rings (SSSR count). The highest BCUT2D eigenvalue weighted by molar-refractivity contribution is 14.1. The van der Waals surface area contributed by atoms with Crippen LogP contribution in [-0.4, -0.2) is 24.3 Å². The first kappa shape index (κ1) is 14.8. The lowest BCUT2D eigenvalue weighted by atomic mass is 10.2. The molecule has 0 spiro atoms. The number of hydrogen-bond donors (Lipinski definition) is 1. The summed E-state index contributed by atoms with van der Waals surface area (Å²) in [6, 6.07) is 3.67. The molecule has 0 aromatic heterocycles. The molecule has 1 N–H and O–H groups in total. The molecule has 6 heteroatoms. The van der Waals surface area contributed by atoms with Gasteiger partial charge in [-0.2, -0.15) is 0 Å². The third-order valence-electron chi connectivity index (χ3n) is 2.14. The first-order valence-corrected chi connectivity index (χ1v) is 7.08. The Balaban J connectivity index is 3.08. The number of halogens is 2. The van der Waals surface area contributed by atoms with Crippen LogP contribution in [0, 0.1) is 7.14 Å². The van der Waals surface area contributed by atoms with Crippen LogP contribution in [0.15, 0.2) is 12.1 Å². The Morgan fingerprint density at radius 2 is 2.12 bits per heavy atom. The minimum Gasteiger partial charge on any atom is -0.496 e. The number of ether oxygens (including phenoxy) is 2. The van der Waals surface area contributed by atoms with E-state index in [1.807, 2.05) is 12.1 Å². The summed E-state index contributed by atoms with van der Waals surface area (Å²) in [5.74, 6) is 0.294. The van der Waals surface area contributed by atoms with E-state index in [2.05, 4.69) is 45.2 Å². The van der Waals surface area contributed by atoms with Crippen LogP contribution in [0.1, 0.15) is 13.3 Å². The Morgan fingerprint density at radius 3 is 2.59 bits per heavy atom. The molecule has 1 unspecified atom stereocenters. The van der Waals surface area contributed by atoms with Crippen molar-refractivity contribution in [3.8, 4) is 11.5 Å². The van der Waals surface area contributed by atoms with Crippen molar-refractivity contribution in [3.05, 3.63) is 19.3 Å². The van der Waals surface area contributed by atoms with Crippen molar-refractivity contribution in [3.63, 3.8) is 0 Å². The molecule has 0 bridgehead atoms. The summed E-state index contributed by atoms with van der Waals surface area (Å²) in [7, 11) is 1.57. The first-order valence-electron chi connectivity index (χ1n) is 4.92. The average molecular weight is 462 g/mol. The van der Waals surface area contributed by atoms with Gasteiger partial charge in [-0.25, -0.2) is 4.79 Å². The smallest absolute Gasteiger partial charge is 0.344 e. The second-order valence-electron chi connectivity index (χ2n) is 3.25. The summed E-state index contributed by atoms with van der Waals surface area (Å²) in [5, 5.41) is 8.98. The highest BCUT2D eigenvalue weighted by atomic mass is 127. The lowest BCUT2D eigenvalue weighted by Crippen LogP contribution is -2.26. The molecule has 0 aliphatic carbocycles. The highest BCUT2D eigenvalue weighted by Gasteiger charge is 2.21. The molecule has 0 radical (unpaired) electrons. The summed E-state index contributed by atoms with van der Waals surface area (Å²) in [4.78, 5) is 11.0. The molecule has 0 aliphatic rings. The van der Waals surface area contributed by atoms with Crippen LogP contribution in [0.5, 0.6) is 11.5 Å². The fourth-order valence-corrected chi connectivity index (χ4v) is 3.14. The highest BCUT2D eigenvalue weighted by Crippen LogP contribution is 2.35. The molecule has 17 heavy (non-hydrogen) atoms. The van der Waals surface area contributed by atoms with E-state index in [1.54, 1.807) is 14.0 Å². The van der Waals surface area contributed by atoms with Crippen molar-refractivity contribution in [2.45, 2.75) is 19.4 Å². The van der Waals surface area contributed by atoms with E-state index in [0.29, 0.717) is 17.9 Å². The molecule has 1 atom stereocenters. The van der Waals surface area contributed by atoms with Gasteiger partial charge in [0.2, 0.25) is 0 Å². The van der Waals surface area contributed by atoms with E-state index in [-0.39, 0.29) is 0 Å². The van der Waals surface area contributed by atoms with E-state index >= 15 is 0 Å². The van der Waals surface area contributed by atoms with Crippen molar-refractivity contribution in [2.24, 2.45) is 0 Å². The van der Waals surface area contributed by atoms with E-state index in [0.717, 1.165) is 7.14 Å². The number of methoxy groups -OCH3 is 1. The first-order chi connectivity index (χ1) is 8.01. The van der Waals surface area contributed by atoms with Gasteiger partial charge in [-0.3, -0.25) is 0 Å². The zero-order valence-electron chi connectivity index (χ0n) is 9.37. The number of hydrogen-bond acceptors (Lipinski definition) is 3. The number of carboxylic acid groups (broad SMARTS) is 1. The van der Waals surface area contributed by atoms with Gasteiger partial charge in [0.1, 0.15) is 5.75 Å². The maximum atomic E-state index is 11.0. The van der Waals surface area contributed by atoms with Crippen molar-refractivity contribution in [1.29, 1.82) is 0 Å². The number of rotatable bonds is 5. The Hall–Kier alpha value is -0.250. The predicted octanol–water partition coefficient (Wildman–Crippen LogP) is 3.15. The third-order valence-corrected chi connectivity index (χ3v) is 4.01. The summed E-state index contributed by atoms with van der Waals surface area (Å²) < 4.78 is 12.4. The SMILES string of the molecule is CCC(Oc1c(I)ccc(OC)c1I)C(=O)O. The predicted molar refractivity (Wildman–Crippen MR) is 80.8 cm³/mol. The second-order valence-corrected chi connectivity index (χ2v) is 5.49. The van der Waals surface area contributed by atoms with Crippen LogP contribution in [0.25, 0.3) is 0 Å². The van der Waals surface area contributed by atoms with Gasteiger partial charge in [-0.05, 0) is 63.7 Å². The molecule has 0 fully saturated rings. The van der Waals surface area contributed by atoms with Gasteiger partial charge in [0, 0.05) is 0 Å². The van der Waals surface area contributed by atoms with Crippen LogP contribution in [0.3, 0.4) is 0 Å². The number of benzene rings is 1. The van der Waals surface area contributed by atoms with E-state index in [1.165, 1.54) is 0 Å². The van der Waals surface area contributed by atoms with Gasteiger partial charge in [0.15, 0.2) is 11.9 Å². The van der Waals surface area contributed by atoms with Gasteiger partial charge in [-0.1, -0.05) is 6.92 Å². The lowest BCUT2D eigenvalue weighted by Gasteiger charge is -2.17. The normalized spacial score (nSPS) is 12.0. The summed E-state index contributed by atoms with van der Waals surface area (Å²) in [6.07, 6.45) is -0.414.